The zero-order chi connectivity index (χ0) is 24.8. The third-order valence-corrected chi connectivity index (χ3v) is 9.01. The van der Waals surface area contributed by atoms with E-state index in [9.17, 15) is 13.2 Å². The summed E-state index contributed by atoms with van der Waals surface area (Å²) in [6, 6.07) is 13.0. The van der Waals surface area contributed by atoms with Crippen LogP contribution in [-0.4, -0.2) is 62.9 Å². The molecule has 7 nitrogen and oxygen atoms in total. The van der Waals surface area contributed by atoms with Gasteiger partial charge < -0.3 is 10.1 Å². The number of nitrogens with one attached hydrogen (secondary N) is 1. The van der Waals surface area contributed by atoms with Crippen molar-refractivity contribution >= 4 is 39.1 Å². The van der Waals surface area contributed by atoms with Crippen LogP contribution < -0.4 is 5.32 Å². The number of halogens is 2. The first kappa shape index (κ1) is 26.4. The number of ether oxygens (including phenoxy) is 1. The average Bonchev–Trinajstić information content (AvgIpc) is 2.85. The summed E-state index contributed by atoms with van der Waals surface area (Å²) in [5, 5.41) is 3.72. The molecule has 0 aliphatic carbocycles. The van der Waals surface area contributed by atoms with Crippen LogP contribution >= 0.6 is 23.2 Å². The number of benzene rings is 2. The highest BCUT2D eigenvalue weighted by Gasteiger charge is 2.32. The molecule has 35 heavy (non-hydrogen) atoms. The molecule has 0 aromatic heterocycles. The third-order valence-electron chi connectivity index (χ3n) is 6.45. The summed E-state index contributed by atoms with van der Waals surface area (Å²) in [6.45, 7) is 5.25. The van der Waals surface area contributed by atoms with Crippen LogP contribution in [-0.2, 0) is 38.4 Å². The van der Waals surface area contributed by atoms with Crippen molar-refractivity contribution in [1.29, 1.82) is 0 Å². The van der Waals surface area contributed by atoms with Gasteiger partial charge in [0.1, 0.15) is 0 Å². The van der Waals surface area contributed by atoms with Gasteiger partial charge in [0.05, 0.1) is 34.9 Å². The second-order valence-electron chi connectivity index (χ2n) is 9.13. The highest BCUT2D eigenvalue weighted by atomic mass is 35.5. The van der Waals surface area contributed by atoms with Gasteiger partial charge in [-0.3, -0.25) is 9.69 Å². The standard InChI is InChI=1S/C25H31Cl2N3O4S/c26-23-7-6-21(14-24(23)27)18-35(32,33)30-8-2-5-22(17-30)25(31)28-15-19-3-1-4-20(13-19)16-29-9-11-34-12-10-29/h1,3-4,6-7,13-14,22H,2,5,8-12,15-18H2,(H,28,31)/t22-/m1/s1. The minimum Gasteiger partial charge on any atom is -0.379 e. The van der Waals surface area contributed by atoms with Crippen LogP contribution in [0.3, 0.4) is 0 Å². The molecule has 2 saturated heterocycles. The Morgan fingerprint density at radius 2 is 1.77 bits per heavy atom. The molecule has 190 valence electrons. The van der Waals surface area contributed by atoms with E-state index < -0.39 is 10.0 Å². The Morgan fingerprint density at radius 1 is 1.00 bits per heavy atom. The first-order valence-electron chi connectivity index (χ1n) is 11.9. The van der Waals surface area contributed by atoms with E-state index >= 15 is 0 Å². The number of hydrogen-bond donors (Lipinski definition) is 1. The lowest BCUT2D eigenvalue weighted by molar-refractivity contribution is -0.126. The minimum atomic E-state index is -3.58. The molecular formula is C25H31Cl2N3O4S. The van der Waals surface area contributed by atoms with Crippen LogP contribution in [0.25, 0.3) is 0 Å². The number of amides is 1. The molecule has 2 aromatic rings. The van der Waals surface area contributed by atoms with Crippen LogP contribution in [0.15, 0.2) is 42.5 Å². The summed E-state index contributed by atoms with van der Waals surface area (Å²) in [4.78, 5) is 15.3. The third kappa shape index (κ3) is 7.41. The van der Waals surface area contributed by atoms with E-state index in [0.29, 0.717) is 41.5 Å². The lowest BCUT2D eigenvalue weighted by atomic mass is 9.98. The van der Waals surface area contributed by atoms with Crippen LogP contribution in [0, 0.1) is 5.92 Å². The van der Waals surface area contributed by atoms with Gasteiger partial charge in [0.15, 0.2) is 0 Å². The van der Waals surface area contributed by atoms with Gasteiger partial charge in [-0.05, 0) is 41.7 Å². The first-order chi connectivity index (χ1) is 16.8. The van der Waals surface area contributed by atoms with Crippen molar-refractivity contribution in [3.8, 4) is 0 Å². The normalized spacial score (nSPS) is 20.0. The zero-order valence-corrected chi connectivity index (χ0v) is 21.9. The lowest BCUT2D eigenvalue weighted by Gasteiger charge is -2.31. The van der Waals surface area contributed by atoms with E-state index in [4.69, 9.17) is 27.9 Å². The van der Waals surface area contributed by atoms with E-state index in [-0.39, 0.29) is 24.1 Å². The number of rotatable bonds is 8. The Hall–Kier alpha value is -1.68. The van der Waals surface area contributed by atoms with E-state index in [0.717, 1.165) is 38.4 Å². The molecule has 0 spiro atoms. The van der Waals surface area contributed by atoms with Crippen LogP contribution in [0.1, 0.15) is 29.5 Å². The Kier molecular flexibility index (Phi) is 9.07. The van der Waals surface area contributed by atoms with Crippen molar-refractivity contribution in [3.05, 3.63) is 69.2 Å². The molecule has 0 saturated carbocycles. The van der Waals surface area contributed by atoms with Crippen molar-refractivity contribution in [1.82, 2.24) is 14.5 Å². The largest absolute Gasteiger partial charge is 0.379 e. The molecule has 2 aliphatic heterocycles. The van der Waals surface area contributed by atoms with Crippen LogP contribution in [0.2, 0.25) is 10.0 Å². The second kappa shape index (κ2) is 12.0. The van der Waals surface area contributed by atoms with Gasteiger partial charge >= 0.3 is 0 Å². The van der Waals surface area contributed by atoms with Crippen LogP contribution in [0.4, 0.5) is 0 Å². The number of carbonyl (C=O) groups is 1. The van der Waals surface area contributed by atoms with Gasteiger partial charge in [-0.15, -0.1) is 0 Å². The number of hydrogen-bond acceptors (Lipinski definition) is 5. The zero-order valence-electron chi connectivity index (χ0n) is 19.6. The van der Waals surface area contributed by atoms with Crippen molar-refractivity contribution in [2.24, 2.45) is 5.92 Å². The highest BCUT2D eigenvalue weighted by molar-refractivity contribution is 7.88. The van der Waals surface area contributed by atoms with Crippen molar-refractivity contribution in [2.45, 2.75) is 31.7 Å². The number of piperidine rings is 1. The van der Waals surface area contributed by atoms with Gasteiger partial charge in [0.25, 0.3) is 0 Å². The van der Waals surface area contributed by atoms with Crippen molar-refractivity contribution < 1.29 is 17.9 Å². The number of morpholine rings is 1. The van der Waals surface area contributed by atoms with E-state index in [1.165, 1.54) is 9.87 Å². The molecule has 2 aliphatic rings. The molecule has 1 atom stereocenters. The minimum absolute atomic E-state index is 0.113. The fourth-order valence-electron chi connectivity index (χ4n) is 4.53. The fraction of sp³-hybridized carbons (Fsp3) is 0.480. The maximum absolute atomic E-state index is 13.0. The smallest absolute Gasteiger partial charge is 0.224 e. The Bertz CT molecular complexity index is 1140. The molecule has 0 unspecified atom stereocenters. The van der Waals surface area contributed by atoms with Crippen molar-refractivity contribution in [2.75, 3.05) is 39.4 Å². The summed E-state index contributed by atoms with van der Waals surface area (Å²) >= 11 is 12.0. The first-order valence-corrected chi connectivity index (χ1v) is 14.2. The molecule has 0 radical (unpaired) electrons. The van der Waals surface area contributed by atoms with E-state index in [1.54, 1.807) is 18.2 Å². The predicted molar refractivity (Wildman–Crippen MR) is 138 cm³/mol. The average molecular weight is 541 g/mol. The fourth-order valence-corrected chi connectivity index (χ4v) is 6.45. The molecule has 2 fully saturated rings. The van der Waals surface area contributed by atoms with E-state index in [1.807, 2.05) is 12.1 Å². The Labute approximate surface area is 217 Å². The van der Waals surface area contributed by atoms with Gasteiger partial charge in [0.2, 0.25) is 15.9 Å². The molecule has 1 N–H and O–H groups in total. The molecule has 4 rings (SSSR count). The van der Waals surface area contributed by atoms with E-state index in [2.05, 4.69) is 22.3 Å². The maximum Gasteiger partial charge on any atom is 0.224 e. The van der Waals surface area contributed by atoms with Crippen molar-refractivity contribution in [3.63, 3.8) is 0 Å². The summed E-state index contributed by atoms with van der Waals surface area (Å²) in [7, 11) is -3.58. The van der Waals surface area contributed by atoms with Gasteiger partial charge in [-0.2, -0.15) is 0 Å². The number of carbonyl (C=O) groups excluding carboxylic acids is 1. The monoisotopic (exact) mass is 539 g/mol. The Balaban J connectivity index is 1.31. The molecule has 0 bridgehead atoms. The molecule has 1 amide bonds. The van der Waals surface area contributed by atoms with Crippen LogP contribution in [0.5, 0.6) is 0 Å². The molecule has 2 heterocycles. The molecule has 10 heteroatoms. The van der Waals surface area contributed by atoms with Gasteiger partial charge in [0, 0.05) is 39.3 Å². The van der Waals surface area contributed by atoms with Gasteiger partial charge in [-0.1, -0.05) is 53.5 Å². The molecular weight excluding hydrogens is 509 g/mol. The summed E-state index contributed by atoms with van der Waals surface area (Å²) < 4.78 is 32.8. The summed E-state index contributed by atoms with van der Waals surface area (Å²) in [5.74, 6) is -0.657. The number of sulfonamides is 1. The summed E-state index contributed by atoms with van der Waals surface area (Å²) in [6.07, 6.45) is 1.31. The summed E-state index contributed by atoms with van der Waals surface area (Å²) in [5.41, 5.74) is 2.81. The SMILES string of the molecule is O=C(NCc1cccc(CN2CCOCC2)c1)[C@@H]1CCCN(S(=O)(=O)Cc2ccc(Cl)c(Cl)c2)C1. The number of nitrogens with zero attached hydrogens (tertiary/aromatic N) is 2. The molecule has 2 aromatic carbocycles. The Morgan fingerprint density at radius 3 is 2.54 bits per heavy atom. The second-order valence-corrected chi connectivity index (χ2v) is 11.9. The topological polar surface area (TPSA) is 79.0 Å². The van der Waals surface area contributed by atoms with Gasteiger partial charge in [-0.25, -0.2) is 12.7 Å². The predicted octanol–water partition coefficient (Wildman–Crippen LogP) is 3.68. The quantitative estimate of drug-likeness (QED) is 0.553. The maximum atomic E-state index is 13.0. The highest BCUT2D eigenvalue weighted by Crippen LogP contribution is 2.26. The lowest BCUT2D eigenvalue weighted by Crippen LogP contribution is -2.45.